The SMILES string of the molecule is COCCOCC(COCCC[Si](C)(C)OC)OCCOC. The van der Waals surface area contributed by atoms with E-state index in [1.807, 2.05) is 0 Å². The first-order valence-corrected chi connectivity index (χ1v) is 11.0. The molecule has 1 unspecified atom stereocenters. The molecule has 0 saturated carbocycles. The van der Waals surface area contributed by atoms with E-state index in [0.717, 1.165) is 19.1 Å². The summed E-state index contributed by atoms with van der Waals surface area (Å²) in [4.78, 5) is 0. The lowest BCUT2D eigenvalue weighted by Gasteiger charge is -2.21. The molecular weight excluding hydrogens is 304 g/mol. The van der Waals surface area contributed by atoms with Crippen LogP contribution >= 0.6 is 0 Å². The lowest BCUT2D eigenvalue weighted by atomic mass is 10.4. The molecular formula is C15H34O6Si. The lowest BCUT2D eigenvalue weighted by Crippen LogP contribution is -2.30. The van der Waals surface area contributed by atoms with Gasteiger partial charge in [-0.15, -0.1) is 0 Å². The highest BCUT2D eigenvalue weighted by Crippen LogP contribution is 2.12. The average Bonchev–Trinajstić information content (AvgIpc) is 2.50. The average molecular weight is 339 g/mol. The smallest absolute Gasteiger partial charge is 0.186 e. The van der Waals surface area contributed by atoms with Crippen molar-refractivity contribution in [3.8, 4) is 0 Å². The van der Waals surface area contributed by atoms with Crippen molar-refractivity contribution in [3.63, 3.8) is 0 Å². The molecule has 0 aromatic heterocycles. The van der Waals surface area contributed by atoms with Crippen molar-refractivity contribution in [3.05, 3.63) is 0 Å². The van der Waals surface area contributed by atoms with Crippen LogP contribution in [0, 0.1) is 0 Å². The molecule has 0 rings (SSSR count). The molecule has 0 radical (unpaired) electrons. The molecule has 0 amide bonds. The van der Waals surface area contributed by atoms with Gasteiger partial charge < -0.3 is 28.1 Å². The fourth-order valence-electron chi connectivity index (χ4n) is 1.72. The van der Waals surface area contributed by atoms with Gasteiger partial charge in [-0.05, 0) is 25.6 Å². The van der Waals surface area contributed by atoms with E-state index >= 15 is 0 Å². The van der Waals surface area contributed by atoms with Crippen molar-refractivity contribution in [2.24, 2.45) is 0 Å². The number of ether oxygens (including phenoxy) is 5. The zero-order valence-electron chi connectivity index (χ0n) is 14.9. The highest BCUT2D eigenvalue weighted by molar-refractivity contribution is 6.71. The molecule has 22 heavy (non-hydrogen) atoms. The van der Waals surface area contributed by atoms with E-state index in [1.165, 1.54) is 0 Å². The Morgan fingerprint density at radius 1 is 0.773 bits per heavy atom. The summed E-state index contributed by atoms with van der Waals surface area (Å²) >= 11 is 0. The molecule has 0 N–H and O–H groups in total. The second kappa shape index (κ2) is 14.6. The van der Waals surface area contributed by atoms with E-state index in [2.05, 4.69) is 13.1 Å². The molecule has 0 saturated heterocycles. The number of rotatable bonds is 16. The molecule has 0 aliphatic heterocycles. The maximum atomic E-state index is 5.71. The van der Waals surface area contributed by atoms with Gasteiger partial charge in [0.05, 0.1) is 39.6 Å². The van der Waals surface area contributed by atoms with Crippen LogP contribution in [0.3, 0.4) is 0 Å². The van der Waals surface area contributed by atoms with Crippen LogP contribution in [0.5, 0.6) is 0 Å². The van der Waals surface area contributed by atoms with E-state index in [4.69, 9.17) is 28.1 Å². The van der Waals surface area contributed by atoms with Crippen LogP contribution in [0.25, 0.3) is 0 Å². The summed E-state index contributed by atoms with van der Waals surface area (Å²) in [6.07, 6.45) is 0.947. The van der Waals surface area contributed by atoms with Crippen LogP contribution in [0.1, 0.15) is 6.42 Å². The predicted molar refractivity (Wildman–Crippen MR) is 89.0 cm³/mol. The first-order valence-electron chi connectivity index (χ1n) is 7.86. The molecule has 0 spiro atoms. The Morgan fingerprint density at radius 3 is 1.95 bits per heavy atom. The highest BCUT2D eigenvalue weighted by atomic mass is 28.4. The van der Waals surface area contributed by atoms with Crippen LogP contribution in [0.4, 0.5) is 0 Å². The van der Waals surface area contributed by atoms with E-state index < -0.39 is 8.32 Å². The van der Waals surface area contributed by atoms with Gasteiger partial charge in [-0.2, -0.15) is 0 Å². The molecule has 134 valence electrons. The van der Waals surface area contributed by atoms with Gasteiger partial charge in [0, 0.05) is 27.9 Å². The Morgan fingerprint density at radius 2 is 1.36 bits per heavy atom. The second-order valence-corrected chi connectivity index (χ2v) is 10.1. The predicted octanol–water partition coefficient (Wildman–Crippen LogP) is 1.94. The monoisotopic (exact) mass is 338 g/mol. The maximum absolute atomic E-state index is 5.71. The largest absolute Gasteiger partial charge is 0.420 e. The standard InChI is InChI=1S/C15H34O6Si/c1-16-8-10-20-14-15(21-11-9-17-2)13-19-7-6-12-22(4,5)18-3/h15H,6-14H2,1-5H3. The van der Waals surface area contributed by atoms with E-state index in [-0.39, 0.29) is 6.10 Å². The summed E-state index contributed by atoms with van der Waals surface area (Å²) in [6.45, 7) is 8.46. The van der Waals surface area contributed by atoms with Crippen LogP contribution in [-0.4, -0.2) is 82.0 Å². The first kappa shape index (κ1) is 22.0. The van der Waals surface area contributed by atoms with Gasteiger partial charge in [0.25, 0.3) is 0 Å². The molecule has 0 bridgehead atoms. The zero-order valence-corrected chi connectivity index (χ0v) is 15.9. The van der Waals surface area contributed by atoms with Crippen LogP contribution in [-0.2, 0) is 28.1 Å². The Hall–Kier alpha value is -0.0231. The summed E-state index contributed by atoms with van der Waals surface area (Å²) in [5, 5.41) is 0. The summed E-state index contributed by atoms with van der Waals surface area (Å²) in [6, 6.07) is 1.10. The van der Waals surface area contributed by atoms with E-state index in [1.54, 1.807) is 21.3 Å². The van der Waals surface area contributed by atoms with Crippen molar-refractivity contribution < 1.29 is 28.1 Å². The van der Waals surface area contributed by atoms with Crippen molar-refractivity contribution >= 4 is 8.32 Å². The molecule has 0 aliphatic carbocycles. The normalized spacial score (nSPS) is 13.5. The summed E-state index contributed by atoms with van der Waals surface area (Å²) in [5.41, 5.74) is 0. The molecule has 0 aliphatic rings. The Kier molecular flexibility index (Phi) is 14.5. The number of methoxy groups -OCH3 is 2. The minimum atomic E-state index is -1.48. The van der Waals surface area contributed by atoms with E-state index in [9.17, 15) is 0 Å². The Labute approximate surface area is 136 Å². The first-order chi connectivity index (χ1) is 10.6. The van der Waals surface area contributed by atoms with Crippen molar-refractivity contribution in [2.75, 3.05) is 67.6 Å². The Balaban J connectivity index is 3.80. The second-order valence-electron chi connectivity index (χ2n) is 5.70. The van der Waals surface area contributed by atoms with Crippen LogP contribution < -0.4 is 0 Å². The van der Waals surface area contributed by atoms with Gasteiger partial charge in [-0.1, -0.05) is 0 Å². The summed E-state index contributed by atoms with van der Waals surface area (Å²) in [5.74, 6) is 0. The molecule has 0 fully saturated rings. The van der Waals surface area contributed by atoms with Gasteiger partial charge in [-0.25, -0.2) is 0 Å². The summed E-state index contributed by atoms with van der Waals surface area (Å²) in [7, 11) is 3.63. The van der Waals surface area contributed by atoms with Gasteiger partial charge in [0.2, 0.25) is 0 Å². The summed E-state index contributed by atoms with van der Waals surface area (Å²) < 4.78 is 32.4. The van der Waals surface area contributed by atoms with Gasteiger partial charge in [0.15, 0.2) is 8.32 Å². The minimum Gasteiger partial charge on any atom is -0.420 e. The highest BCUT2D eigenvalue weighted by Gasteiger charge is 2.19. The van der Waals surface area contributed by atoms with Crippen LogP contribution in [0.15, 0.2) is 0 Å². The third-order valence-electron chi connectivity index (χ3n) is 3.30. The maximum Gasteiger partial charge on any atom is 0.186 e. The Bertz CT molecular complexity index is 240. The topological polar surface area (TPSA) is 55.4 Å². The molecule has 0 heterocycles. The third-order valence-corrected chi connectivity index (χ3v) is 5.96. The third kappa shape index (κ3) is 13.6. The number of hydrogen-bond donors (Lipinski definition) is 0. The quantitative estimate of drug-likeness (QED) is 0.317. The lowest BCUT2D eigenvalue weighted by molar-refractivity contribution is -0.0742. The molecule has 7 heteroatoms. The van der Waals surface area contributed by atoms with Crippen molar-refractivity contribution in [2.45, 2.75) is 31.7 Å². The minimum absolute atomic E-state index is 0.0697. The molecule has 0 aromatic rings. The molecule has 1 atom stereocenters. The van der Waals surface area contributed by atoms with Gasteiger partial charge in [-0.3, -0.25) is 0 Å². The van der Waals surface area contributed by atoms with Gasteiger partial charge >= 0.3 is 0 Å². The zero-order chi connectivity index (χ0) is 16.7. The van der Waals surface area contributed by atoms with Crippen molar-refractivity contribution in [1.82, 2.24) is 0 Å². The van der Waals surface area contributed by atoms with Crippen LogP contribution in [0.2, 0.25) is 19.1 Å². The fourth-order valence-corrected chi connectivity index (χ4v) is 2.92. The fraction of sp³-hybridized carbons (Fsp3) is 1.00. The van der Waals surface area contributed by atoms with E-state index in [0.29, 0.717) is 39.6 Å². The number of hydrogen-bond acceptors (Lipinski definition) is 6. The molecule has 6 nitrogen and oxygen atoms in total. The van der Waals surface area contributed by atoms with Crippen molar-refractivity contribution in [1.29, 1.82) is 0 Å². The molecule has 0 aromatic carbocycles. The van der Waals surface area contributed by atoms with Gasteiger partial charge in [0.1, 0.15) is 6.10 Å².